The summed E-state index contributed by atoms with van der Waals surface area (Å²) in [6, 6.07) is 5.89. The number of carbonyl (C=O) groups is 3. The van der Waals surface area contributed by atoms with Gasteiger partial charge < -0.3 is 29.4 Å². The highest BCUT2D eigenvalue weighted by Gasteiger charge is 2.25. The molecule has 0 fully saturated rings. The second-order valence-electron chi connectivity index (χ2n) is 11.7. The van der Waals surface area contributed by atoms with E-state index in [0.29, 0.717) is 23.3 Å². The number of halogens is 1. The van der Waals surface area contributed by atoms with Gasteiger partial charge in [-0.25, -0.2) is 14.2 Å². The van der Waals surface area contributed by atoms with Crippen LogP contribution < -0.4 is 10.9 Å². The summed E-state index contributed by atoms with van der Waals surface area (Å²) in [5, 5.41) is 2.57. The maximum atomic E-state index is 14.3. The Kier molecular flexibility index (Phi) is 10.3. The van der Waals surface area contributed by atoms with Crippen molar-refractivity contribution in [3.05, 3.63) is 70.2 Å². The van der Waals surface area contributed by atoms with Gasteiger partial charge in [-0.1, -0.05) is 26.8 Å². The molecule has 0 saturated heterocycles. The highest BCUT2D eigenvalue weighted by atomic mass is 19.1. The van der Waals surface area contributed by atoms with Gasteiger partial charge in [-0.15, -0.1) is 0 Å². The molecule has 0 bridgehead atoms. The van der Waals surface area contributed by atoms with Gasteiger partial charge in [0.25, 0.3) is 11.5 Å². The molecule has 12 heteroatoms. The van der Waals surface area contributed by atoms with Crippen molar-refractivity contribution in [3.8, 4) is 0 Å². The van der Waals surface area contributed by atoms with Crippen LogP contribution in [0, 0.1) is 11.2 Å². The summed E-state index contributed by atoms with van der Waals surface area (Å²) in [7, 11) is 6.21. The third kappa shape index (κ3) is 8.76. The summed E-state index contributed by atoms with van der Waals surface area (Å²) in [5.74, 6) is -0.830. The van der Waals surface area contributed by atoms with E-state index < -0.39 is 23.7 Å². The number of allylic oxidation sites excluding steroid dienone is 1. The molecule has 1 unspecified atom stereocenters. The van der Waals surface area contributed by atoms with E-state index in [0.717, 1.165) is 5.56 Å². The first-order valence-electron chi connectivity index (χ1n) is 13.6. The van der Waals surface area contributed by atoms with Gasteiger partial charge in [0.05, 0.1) is 17.6 Å². The normalized spacial score (nSPS) is 12.4. The lowest BCUT2D eigenvalue weighted by Gasteiger charge is -2.19. The maximum Gasteiger partial charge on any atom is 0.410 e. The number of aromatic amines is 1. The first-order chi connectivity index (χ1) is 19.6. The lowest BCUT2D eigenvalue weighted by atomic mass is 9.87. The molecule has 2 N–H and O–H groups in total. The lowest BCUT2D eigenvalue weighted by molar-refractivity contribution is -0.125. The first-order valence-corrected chi connectivity index (χ1v) is 13.6. The van der Waals surface area contributed by atoms with Crippen molar-refractivity contribution in [3.63, 3.8) is 0 Å². The average molecular weight is 583 g/mol. The monoisotopic (exact) mass is 582 g/mol. The minimum absolute atomic E-state index is 0.0118. The fourth-order valence-electron chi connectivity index (χ4n) is 4.17. The number of hydrogen-bond acceptors (Lipinski definition) is 6. The largest absolute Gasteiger partial charge is 0.436 e. The van der Waals surface area contributed by atoms with Crippen molar-refractivity contribution >= 4 is 34.6 Å². The van der Waals surface area contributed by atoms with Gasteiger partial charge in [0.15, 0.2) is 6.10 Å². The number of likely N-dealkylation sites (N-methyl/N-ethyl adjacent to an activating group) is 1. The zero-order valence-corrected chi connectivity index (χ0v) is 25.2. The van der Waals surface area contributed by atoms with Gasteiger partial charge in [0.2, 0.25) is 5.91 Å². The summed E-state index contributed by atoms with van der Waals surface area (Å²) in [5.41, 5.74) is 1.39. The van der Waals surface area contributed by atoms with Crippen molar-refractivity contribution in [2.45, 2.75) is 52.7 Å². The number of hydrogen-bond donors (Lipinski definition) is 2. The highest BCUT2D eigenvalue weighted by Crippen LogP contribution is 2.27. The number of benzene rings is 1. The van der Waals surface area contributed by atoms with Crippen molar-refractivity contribution in [1.29, 1.82) is 0 Å². The number of anilines is 1. The number of amides is 3. The Morgan fingerprint density at radius 2 is 1.88 bits per heavy atom. The fourth-order valence-corrected chi connectivity index (χ4v) is 4.17. The molecule has 11 nitrogen and oxygen atoms in total. The van der Waals surface area contributed by atoms with Gasteiger partial charge >= 0.3 is 6.09 Å². The van der Waals surface area contributed by atoms with Crippen LogP contribution in [0.1, 0.15) is 45.0 Å². The molecule has 0 radical (unpaired) electrons. The Morgan fingerprint density at radius 1 is 1.17 bits per heavy atom. The molecule has 0 saturated carbocycles. The predicted molar refractivity (Wildman–Crippen MR) is 159 cm³/mol. The van der Waals surface area contributed by atoms with Crippen LogP contribution in [0.15, 0.2) is 47.4 Å². The molecule has 0 spiro atoms. The van der Waals surface area contributed by atoms with Crippen LogP contribution >= 0.6 is 0 Å². The first kappa shape index (κ1) is 32.0. The molecule has 226 valence electrons. The van der Waals surface area contributed by atoms with Crippen molar-refractivity contribution < 1.29 is 23.5 Å². The third-order valence-corrected chi connectivity index (χ3v) is 6.20. The molecule has 0 aliphatic carbocycles. The van der Waals surface area contributed by atoms with Gasteiger partial charge in [0, 0.05) is 40.5 Å². The number of nitrogens with one attached hydrogen (secondary N) is 2. The van der Waals surface area contributed by atoms with Crippen LogP contribution in [0.25, 0.3) is 11.0 Å². The number of H-pyrrole nitrogens is 1. The standard InChI is InChI=1S/C30H39FN6O5/c1-30(2,3)17-19-15-20(31)16-22-26(19)34-24(32-22)18-37-14-10-11-21(28(37)40)33-27(39)23(42-29(41)36(6)7)12-8-9-13-25(38)35(4)5/h9-11,13-16,23H,8,12,17-18H2,1-7H3,(H,32,34)(H,33,39)/b13-9+. The van der Waals surface area contributed by atoms with Crippen LogP contribution in [0.2, 0.25) is 0 Å². The Bertz CT molecular complexity index is 1530. The number of imidazole rings is 1. The number of ether oxygens (including phenoxy) is 1. The molecule has 2 heterocycles. The van der Waals surface area contributed by atoms with Crippen LogP contribution in [0.5, 0.6) is 0 Å². The topological polar surface area (TPSA) is 130 Å². The van der Waals surface area contributed by atoms with Crippen LogP contribution in [-0.2, 0) is 27.3 Å². The van der Waals surface area contributed by atoms with Gasteiger partial charge in [-0.3, -0.25) is 14.4 Å². The van der Waals surface area contributed by atoms with Crippen molar-refractivity contribution in [1.82, 2.24) is 24.3 Å². The number of carbonyl (C=O) groups excluding carboxylic acids is 3. The van der Waals surface area contributed by atoms with E-state index in [-0.39, 0.29) is 42.2 Å². The van der Waals surface area contributed by atoms with Crippen LogP contribution in [-0.4, -0.2) is 76.5 Å². The smallest absolute Gasteiger partial charge is 0.410 e. The van der Waals surface area contributed by atoms with E-state index in [1.807, 2.05) is 0 Å². The highest BCUT2D eigenvalue weighted by molar-refractivity contribution is 5.95. The Hall–Kier alpha value is -4.48. The second-order valence-corrected chi connectivity index (χ2v) is 11.7. The summed E-state index contributed by atoms with van der Waals surface area (Å²) in [6.07, 6.45) is 3.59. The van der Waals surface area contributed by atoms with E-state index in [9.17, 15) is 23.6 Å². The average Bonchev–Trinajstić information content (AvgIpc) is 3.29. The fraction of sp³-hybridized carbons (Fsp3) is 0.433. The predicted octanol–water partition coefficient (Wildman–Crippen LogP) is 3.93. The van der Waals surface area contributed by atoms with Crippen molar-refractivity contribution in [2.75, 3.05) is 33.5 Å². The summed E-state index contributed by atoms with van der Waals surface area (Å²) in [6.45, 7) is 6.25. The lowest BCUT2D eigenvalue weighted by Crippen LogP contribution is -2.37. The SMILES string of the molecule is CN(C)C(=O)/C=C/CCC(OC(=O)N(C)C)C(=O)Nc1cccn(Cc2nc3cc(F)cc(CC(C)(C)C)c3[nH]2)c1=O. The van der Waals surface area contributed by atoms with Gasteiger partial charge in [-0.05, 0) is 54.5 Å². The molecule has 0 aliphatic rings. The Labute approximate surface area is 244 Å². The number of nitrogens with zero attached hydrogens (tertiary/aromatic N) is 4. The Morgan fingerprint density at radius 3 is 2.52 bits per heavy atom. The quantitative estimate of drug-likeness (QED) is 0.349. The second kappa shape index (κ2) is 13.5. The van der Waals surface area contributed by atoms with E-state index >= 15 is 0 Å². The maximum absolute atomic E-state index is 14.3. The molecule has 42 heavy (non-hydrogen) atoms. The van der Waals surface area contributed by atoms with E-state index in [4.69, 9.17) is 4.74 Å². The van der Waals surface area contributed by atoms with Gasteiger partial charge in [-0.2, -0.15) is 0 Å². The molecule has 2 aromatic heterocycles. The molecule has 1 atom stereocenters. The molecule has 0 aliphatic heterocycles. The van der Waals surface area contributed by atoms with Crippen LogP contribution in [0.4, 0.5) is 14.9 Å². The molecular weight excluding hydrogens is 543 g/mol. The van der Waals surface area contributed by atoms with Gasteiger partial charge in [0.1, 0.15) is 17.3 Å². The minimum Gasteiger partial charge on any atom is -0.436 e. The Balaban J connectivity index is 1.80. The minimum atomic E-state index is -1.21. The molecule has 3 aromatic rings. The third-order valence-electron chi connectivity index (χ3n) is 6.20. The summed E-state index contributed by atoms with van der Waals surface area (Å²) >= 11 is 0. The van der Waals surface area contributed by atoms with E-state index in [1.54, 1.807) is 32.4 Å². The zero-order chi connectivity index (χ0) is 31.2. The van der Waals surface area contributed by atoms with Crippen molar-refractivity contribution in [2.24, 2.45) is 5.41 Å². The van der Waals surface area contributed by atoms with E-state index in [2.05, 4.69) is 36.1 Å². The summed E-state index contributed by atoms with van der Waals surface area (Å²) in [4.78, 5) is 60.7. The molecule has 1 aromatic carbocycles. The number of pyridine rings is 1. The number of aromatic nitrogens is 3. The zero-order valence-electron chi connectivity index (χ0n) is 25.2. The molecule has 3 amide bonds. The van der Waals surface area contributed by atoms with E-state index in [1.165, 1.54) is 52.7 Å². The number of rotatable bonds is 10. The molecular formula is C30H39FN6O5. The van der Waals surface area contributed by atoms with Crippen LogP contribution in [0.3, 0.4) is 0 Å². The number of fused-ring (bicyclic) bond motifs is 1. The molecule has 3 rings (SSSR count). The summed E-state index contributed by atoms with van der Waals surface area (Å²) < 4.78 is 21.0.